The molecule has 0 saturated carbocycles. The fourth-order valence-electron chi connectivity index (χ4n) is 2.32. The number of non-ortho nitro benzene ring substituents is 1. The number of benzene rings is 2. The predicted octanol–water partition coefficient (Wildman–Crippen LogP) is 3.41. The van der Waals surface area contributed by atoms with Crippen LogP contribution in [0.3, 0.4) is 0 Å². The molecule has 0 aromatic heterocycles. The van der Waals surface area contributed by atoms with Crippen LogP contribution in [-0.2, 0) is 11.2 Å². The summed E-state index contributed by atoms with van der Waals surface area (Å²) in [5.74, 6) is -0.201. The third kappa shape index (κ3) is 4.47. The van der Waals surface area contributed by atoms with E-state index in [9.17, 15) is 14.9 Å². The van der Waals surface area contributed by atoms with Crippen molar-refractivity contribution in [1.82, 2.24) is 5.32 Å². The van der Waals surface area contributed by atoms with E-state index < -0.39 is 10.2 Å². The fraction of sp³-hybridized carbons (Fsp3) is 0.118. The van der Waals surface area contributed by atoms with Gasteiger partial charge in [0.1, 0.15) is 0 Å². The van der Waals surface area contributed by atoms with Crippen molar-refractivity contribution in [3.8, 4) is 0 Å². The molecule has 1 atom stereocenters. The number of carbonyl (C=O) groups excluding carboxylic acids is 1. The minimum Gasteiger partial charge on any atom is -0.303 e. The molecule has 0 aliphatic carbocycles. The van der Waals surface area contributed by atoms with Gasteiger partial charge in [-0.1, -0.05) is 53.7 Å². The Morgan fingerprint density at radius 2 is 2.08 bits per heavy atom. The molecule has 9 heteroatoms. The third-order valence-corrected chi connectivity index (χ3v) is 4.99. The summed E-state index contributed by atoms with van der Waals surface area (Å²) in [5, 5.41) is 22.0. The standard InChI is InChI=1S/C17H13ClN4O3S/c18-14-7-2-1-5-12(14)10-19-21-17-20-16(23)15(26-17)9-11-4-3-6-13(8-11)22(24)25/h1-8,10,15H,9H2,(H,20,21,23)/b19-10+. The van der Waals surface area contributed by atoms with Crippen molar-refractivity contribution in [3.63, 3.8) is 0 Å². The molecular weight excluding hydrogens is 376 g/mol. The molecule has 2 aromatic rings. The zero-order valence-corrected chi connectivity index (χ0v) is 14.9. The summed E-state index contributed by atoms with van der Waals surface area (Å²) in [5.41, 5.74) is 1.44. The van der Waals surface area contributed by atoms with Gasteiger partial charge in [-0.3, -0.25) is 14.9 Å². The largest absolute Gasteiger partial charge is 0.303 e. The molecule has 26 heavy (non-hydrogen) atoms. The van der Waals surface area contributed by atoms with Gasteiger partial charge in [0.25, 0.3) is 5.69 Å². The fourth-order valence-corrected chi connectivity index (χ4v) is 3.47. The summed E-state index contributed by atoms with van der Waals surface area (Å²) in [4.78, 5) is 22.5. The lowest BCUT2D eigenvalue weighted by Crippen LogP contribution is -2.25. The van der Waals surface area contributed by atoms with Crippen molar-refractivity contribution in [3.05, 3.63) is 74.8 Å². The average molecular weight is 389 g/mol. The predicted molar refractivity (Wildman–Crippen MR) is 103 cm³/mol. The van der Waals surface area contributed by atoms with E-state index in [-0.39, 0.29) is 11.6 Å². The molecular formula is C17H13ClN4O3S. The van der Waals surface area contributed by atoms with Crippen molar-refractivity contribution in [2.45, 2.75) is 11.7 Å². The maximum atomic E-state index is 12.1. The van der Waals surface area contributed by atoms with Crippen LogP contribution in [0.25, 0.3) is 0 Å². The number of nitrogens with zero attached hydrogens (tertiary/aromatic N) is 3. The highest BCUT2D eigenvalue weighted by Gasteiger charge is 2.30. The van der Waals surface area contributed by atoms with Gasteiger partial charge in [0.2, 0.25) is 5.91 Å². The zero-order chi connectivity index (χ0) is 18.5. The van der Waals surface area contributed by atoms with E-state index in [1.807, 2.05) is 12.1 Å². The summed E-state index contributed by atoms with van der Waals surface area (Å²) >= 11 is 7.27. The third-order valence-electron chi connectivity index (χ3n) is 3.57. The molecule has 1 amide bonds. The van der Waals surface area contributed by atoms with Crippen LogP contribution in [0.1, 0.15) is 11.1 Å². The van der Waals surface area contributed by atoms with Crippen LogP contribution in [0.15, 0.2) is 58.7 Å². The molecule has 1 saturated heterocycles. The van der Waals surface area contributed by atoms with Crippen LogP contribution in [0, 0.1) is 10.1 Å². The summed E-state index contributed by atoms with van der Waals surface area (Å²) < 4.78 is 0. The smallest absolute Gasteiger partial charge is 0.269 e. The minimum atomic E-state index is -0.457. The number of nitrogens with one attached hydrogen (secondary N) is 1. The lowest BCUT2D eigenvalue weighted by atomic mass is 10.1. The van der Waals surface area contributed by atoms with Gasteiger partial charge in [0.05, 0.1) is 16.4 Å². The molecule has 1 heterocycles. The van der Waals surface area contributed by atoms with E-state index in [1.165, 1.54) is 30.1 Å². The molecule has 1 aliphatic heterocycles. The van der Waals surface area contributed by atoms with E-state index >= 15 is 0 Å². The summed E-state index contributed by atoms with van der Waals surface area (Å²) in [6, 6.07) is 13.5. The Hall–Kier alpha value is -2.71. The van der Waals surface area contributed by atoms with Gasteiger partial charge in [0, 0.05) is 22.7 Å². The monoisotopic (exact) mass is 388 g/mol. The highest BCUT2D eigenvalue weighted by atomic mass is 35.5. The van der Waals surface area contributed by atoms with Crippen molar-refractivity contribution >= 4 is 46.3 Å². The quantitative estimate of drug-likeness (QED) is 0.482. The van der Waals surface area contributed by atoms with Crippen LogP contribution in [0.5, 0.6) is 0 Å². The first-order valence-electron chi connectivity index (χ1n) is 7.59. The van der Waals surface area contributed by atoms with Crippen molar-refractivity contribution in [2.75, 3.05) is 0 Å². The van der Waals surface area contributed by atoms with E-state index in [0.29, 0.717) is 22.2 Å². The molecule has 0 radical (unpaired) electrons. The Bertz CT molecular complexity index is 916. The zero-order valence-electron chi connectivity index (χ0n) is 13.3. The van der Waals surface area contributed by atoms with Crippen molar-refractivity contribution < 1.29 is 9.72 Å². The van der Waals surface area contributed by atoms with E-state index in [1.54, 1.807) is 24.3 Å². The molecule has 0 bridgehead atoms. The Morgan fingerprint density at radius 3 is 2.85 bits per heavy atom. The molecule has 1 N–H and O–H groups in total. The number of halogens is 1. The number of carbonyl (C=O) groups is 1. The van der Waals surface area contributed by atoms with Gasteiger partial charge in [-0.15, -0.1) is 5.10 Å². The number of amides is 1. The van der Waals surface area contributed by atoms with Crippen molar-refractivity contribution in [1.29, 1.82) is 0 Å². The number of nitro groups is 1. The first-order chi connectivity index (χ1) is 12.5. The van der Waals surface area contributed by atoms with E-state index in [4.69, 9.17) is 11.6 Å². The molecule has 1 aliphatic rings. The van der Waals surface area contributed by atoms with Gasteiger partial charge in [-0.2, -0.15) is 5.10 Å². The molecule has 7 nitrogen and oxygen atoms in total. The van der Waals surface area contributed by atoms with E-state index in [2.05, 4.69) is 15.5 Å². The number of thioether (sulfide) groups is 1. The number of rotatable bonds is 5. The van der Waals surface area contributed by atoms with Crippen LogP contribution in [0.4, 0.5) is 5.69 Å². The molecule has 1 fully saturated rings. The lowest BCUT2D eigenvalue weighted by molar-refractivity contribution is -0.384. The van der Waals surface area contributed by atoms with E-state index in [0.717, 1.165) is 5.56 Å². The highest BCUT2D eigenvalue weighted by molar-refractivity contribution is 8.15. The summed E-state index contributed by atoms with van der Waals surface area (Å²) in [7, 11) is 0. The second-order valence-corrected chi connectivity index (χ2v) is 7.00. The van der Waals surface area contributed by atoms with Gasteiger partial charge in [0.15, 0.2) is 5.17 Å². The first kappa shape index (κ1) is 18.1. The van der Waals surface area contributed by atoms with Crippen LogP contribution in [-0.4, -0.2) is 27.5 Å². The van der Waals surface area contributed by atoms with Crippen LogP contribution < -0.4 is 5.32 Å². The number of hydrogen-bond donors (Lipinski definition) is 1. The molecule has 2 aromatic carbocycles. The average Bonchev–Trinajstić information content (AvgIpc) is 2.96. The van der Waals surface area contributed by atoms with Crippen LogP contribution >= 0.6 is 23.4 Å². The summed E-state index contributed by atoms with van der Waals surface area (Å²) in [6.45, 7) is 0. The maximum absolute atomic E-state index is 12.1. The Morgan fingerprint density at radius 1 is 1.27 bits per heavy atom. The summed E-state index contributed by atoms with van der Waals surface area (Å²) in [6.07, 6.45) is 1.88. The Balaban J connectivity index is 1.66. The SMILES string of the molecule is O=C1N/C(=N/N=C/c2ccccc2Cl)SC1Cc1cccc([N+](=O)[O-])c1. The lowest BCUT2D eigenvalue weighted by Gasteiger charge is -2.04. The molecule has 0 spiro atoms. The number of nitro benzene ring substituents is 1. The Kier molecular flexibility index (Phi) is 5.65. The molecule has 132 valence electrons. The van der Waals surface area contributed by atoms with Gasteiger partial charge < -0.3 is 5.32 Å². The number of hydrogen-bond acceptors (Lipinski definition) is 6. The highest BCUT2D eigenvalue weighted by Crippen LogP contribution is 2.25. The second-order valence-electron chi connectivity index (χ2n) is 5.40. The van der Waals surface area contributed by atoms with Gasteiger partial charge >= 0.3 is 0 Å². The number of amidine groups is 1. The molecule has 1 unspecified atom stereocenters. The van der Waals surface area contributed by atoms with Gasteiger partial charge in [-0.05, 0) is 18.1 Å². The van der Waals surface area contributed by atoms with Crippen molar-refractivity contribution in [2.24, 2.45) is 10.2 Å². The molecule has 3 rings (SSSR count). The Labute approximate surface area is 158 Å². The normalized spacial score (nSPS) is 18.4. The van der Waals surface area contributed by atoms with Gasteiger partial charge in [-0.25, -0.2) is 0 Å². The minimum absolute atomic E-state index is 0.00383. The first-order valence-corrected chi connectivity index (χ1v) is 8.85. The van der Waals surface area contributed by atoms with Crippen LogP contribution in [0.2, 0.25) is 5.02 Å². The second kappa shape index (κ2) is 8.11. The topological polar surface area (TPSA) is 97.0 Å². The maximum Gasteiger partial charge on any atom is 0.269 e.